The van der Waals surface area contributed by atoms with Gasteiger partial charge in [-0.2, -0.15) is 0 Å². The Kier molecular flexibility index (Phi) is 4.40. The molecule has 2 N–H and O–H groups in total. The van der Waals surface area contributed by atoms with Crippen LogP contribution in [0.2, 0.25) is 0 Å². The molecule has 2 rings (SSSR count). The zero-order chi connectivity index (χ0) is 14.6. The molecular formula is C17H20FNO. The summed E-state index contributed by atoms with van der Waals surface area (Å²) in [5, 5.41) is 0. The van der Waals surface area contributed by atoms with E-state index in [1.165, 1.54) is 17.7 Å². The number of benzene rings is 2. The van der Waals surface area contributed by atoms with Crippen LogP contribution in [0.4, 0.5) is 4.39 Å². The molecule has 0 saturated carbocycles. The van der Waals surface area contributed by atoms with E-state index in [2.05, 4.69) is 0 Å². The van der Waals surface area contributed by atoms with Gasteiger partial charge in [-0.25, -0.2) is 4.39 Å². The third kappa shape index (κ3) is 3.58. The van der Waals surface area contributed by atoms with Gasteiger partial charge in [-0.15, -0.1) is 0 Å². The molecule has 2 aromatic rings. The van der Waals surface area contributed by atoms with E-state index in [9.17, 15) is 4.39 Å². The van der Waals surface area contributed by atoms with Crippen LogP contribution in [0, 0.1) is 5.82 Å². The van der Waals surface area contributed by atoms with Crippen LogP contribution in [0.3, 0.4) is 0 Å². The standard InChI is InChI=1S/C17H20FNO/c1-17(19,14-5-7-15(18)8-6-14)12-11-13-3-9-16(20-2)10-4-13/h3-10H,11-12,19H2,1-2H3. The molecule has 0 amide bonds. The topological polar surface area (TPSA) is 35.2 Å². The fourth-order valence-corrected chi connectivity index (χ4v) is 2.17. The third-order valence-electron chi connectivity index (χ3n) is 3.60. The minimum Gasteiger partial charge on any atom is -0.497 e. The fraction of sp³-hybridized carbons (Fsp3) is 0.294. The number of methoxy groups -OCH3 is 1. The van der Waals surface area contributed by atoms with E-state index in [0.29, 0.717) is 0 Å². The molecule has 1 atom stereocenters. The Labute approximate surface area is 119 Å². The molecule has 0 spiro atoms. The SMILES string of the molecule is COc1ccc(CCC(C)(N)c2ccc(F)cc2)cc1. The molecule has 1 unspecified atom stereocenters. The van der Waals surface area contributed by atoms with Crippen LogP contribution in [-0.2, 0) is 12.0 Å². The summed E-state index contributed by atoms with van der Waals surface area (Å²) in [5.74, 6) is 0.613. The Bertz CT molecular complexity index is 546. The summed E-state index contributed by atoms with van der Waals surface area (Å²) >= 11 is 0. The highest BCUT2D eigenvalue weighted by atomic mass is 19.1. The summed E-state index contributed by atoms with van der Waals surface area (Å²) in [6.07, 6.45) is 1.67. The summed E-state index contributed by atoms with van der Waals surface area (Å²) in [4.78, 5) is 0. The summed E-state index contributed by atoms with van der Waals surface area (Å²) in [6.45, 7) is 1.98. The lowest BCUT2D eigenvalue weighted by atomic mass is 9.87. The molecule has 2 aromatic carbocycles. The second-order valence-electron chi connectivity index (χ2n) is 5.27. The van der Waals surface area contributed by atoms with Crippen LogP contribution in [0.25, 0.3) is 0 Å². The summed E-state index contributed by atoms with van der Waals surface area (Å²) in [6, 6.07) is 14.4. The van der Waals surface area contributed by atoms with Gasteiger partial charge in [-0.1, -0.05) is 24.3 Å². The van der Waals surface area contributed by atoms with E-state index < -0.39 is 5.54 Å². The van der Waals surface area contributed by atoms with Crippen molar-refractivity contribution in [2.24, 2.45) is 5.73 Å². The summed E-state index contributed by atoms with van der Waals surface area (Å²) < 4.78 is 18.1. The van der Waals surface area contributed by atoms with Crippen molar-refractivity contribution in [2.45, 2.75) is 25.3 Å². The Balaban J connectivity index is 2.02. The van der Waals surface area contributed by atoms with Crippen molar-refractivity contribution in [1.29, 1.82) is 0 Å². The first-order valence-corrected chi connectivity index (χ1v) is 6.69. The van der Waals surface area contributed by atoms with Gasteiger partial charge in [0.1, 0.15) is 11.6 Å². The van der Waals surface area contributed by atoms with E-state index in [1.54, 1.807) is 19.2 Å². The van der Waals surface area contributed by atoms with E-state index in [0.717, 1.165) is 24.2 Å². The second-order valence-corrected chi connectivity index (χ2v) is 5.27. The van der Waals surface area contributed by atoms with Crippen molar-refractivity contribution >= 4 is 0 Å². The van der Waals surface area contributed by atoms with Crippen molar-refractivity contribution in [3.8, 4) is 5.75 Å². The van der Waals surface area contributed by atoms with Crippen LogP contribution < -0.4 is 10.5 Å². The molecule has 0 radical (unpaired) electrons. The van der Waals surface area contributed by atoms with E-state index in [4.69, 9.17) is 10.5 Å². The molecule has 0 heterocycles. The largest absolute Gasteiger partial charge is 0.497 e. The van der Waals surface area contributed by atoms with Gasteiger partial charge in [0.2, 0.25) is 0 Å². The maximum Gasteiger partial charge on any atom is 0.123 e. The van der Waals surface area contributed by atoms with Gasteiger partial charge in [0.05, 0.1) is 7.11 Å². The zero-order valence-corrected chi connectivity index (χ0v) is 11.9. The summed E-state index contributed by atoms with van der Waals surface area (Å²) in [7, 11) is 1.65. The molecule has 106 valence electrons. The highest BCUT2D eigenvalue weighted by Crippen LogP contribution is 2.24. The maximum absolute atomic E-state index is 12.9. The Hall–Kier alpha value is -1.87. The third-order valence-corrected chi connectivity index (χ3v) is 3.60. The van der Waals surface area contributed by atoms with Crippen LogP contribution >= 0.6 is 0 Å². The smallest absolute Gasteiger partial charge is 0.123 e. The van der Waals surface area contributed by atoms with Crippen molar-refractivity contribution in [1.82, 2.24) is 0 Å². The van der Waals surface area contributed by atoms with Crippen LogP contribution in [-0.4, -0.2) is 7.11 Å². The van der Waals surface area contributed by atoms with Crippen molar-refractivity contribution < 1.29 is 9.13 Å². The number of rotatable bonds is 5. The van der Waals surface area contributed by atoms with Crippen molar-refractivity contribution in [2.75, 3.05) is 7.11 Å². The van der Waals surface area contributed by atoms with Crippen LogP contribution in [0.5, 0.6) is 5.75 Å². The van der Waals surface area contributed by atoms with Crippen molar-refractivity contribution in [3.05, 3.63) is 65.5 Å². The molecule has 0 bridgehead atoms. The van der Waals surface area contributed by atoms with Gasteiger partial charge in [-0.05, 0) is 55.2 Å². The molecule has 0 aliphatic rings. The van der Waals surface area contributed by atoms with E-state index in [-0.39, 0.29) is 5.82 Å². The molecule has 3 heteroatoms. The van der Waals surface area contributed by atoms with E-state index in [1.807, 2.05) is 31.2 Å². The molecule has 20 heavy (non-hydrogen) atoms. The molecule has 0 aliphatic heterocycles. The van der Waals surface area contributed by atoms with Gasteiger partial charge in [0.15, 0.2) is 0 Å². The quantitative estimate of drug-likeness (QED) is 0.902. The molecule has 0 fully saturated rings. The minimum absolute atomic E-state index is 0.236. The monoisotopic (exact) mass is 273 g/mol. The Morgan fingerprint density at radius 1 is 1.05 bits per heavy atom. The lowest BCUT2D eigenvalue weighted by molar-refractivity contribution is 0.414. The molecule has 0 aromatic heterocycles. The predicted molar refractivity (Wildman–Crippen MR) is 79.3 cm³/mol. The molecular weight excluding hydrogens is 253 g/mol. The van der Waals surface area contributed by atoms with Crippen LogP contribution in [0.15, 0.2) is 48.5 Å². The number of hydrogen-bond acceptors (Lipinski definition) is 2. The second kappa shape index (κ2) is 6.06. The first-order valence-electron chi connectivity index (χ1n) is 6.69. The molecule has 2 nitrogen and oxygen atoms in total. The number of aryl methyl sites for hydroxylation is 1. The zero-order valence-electron chi connectivity index (χ0n) is 11.9. The van der Waals surface area contributed by atoms with Crippen LogP contribution in [0.1, 0.15) is 24.5 Å². The fourth-order valence-electron chi connectivity index (χ4n) is 2.17. The Morgan fingerprint density at radius 2 is 1.65 bits per heavy atom. The molecule has 0 aliphatic carbocycles. The molecule has 0 saturated heterocycles. The average molecular weight is 273 g/mol. The van der Waals surface area contributed by atoms with Gasteiger partial charge >= 0.3 is 0 Å². The van der Waals surface area contributed by atoms with E-state index >= 15 is 0 Å². The predicted octanol–water partition coefficient (Wildman–Crippen LogP) is 3.64. The Morgan fingerprint density at radius 3 is 2.20 bits per heavy atom. The first kappa shape index (κ1) is 14.5. The number of hydrogen-bond donors (Lipinski definition) is 1. The van der Waals surface area contributed by atoms with Gasteiger partial charge in [0, 0.05) is 5.54 Å². The average Bonchev–Trinajstić information content (AvgIpc) is 2.46. The van der Waals surface area contributed by atoms with Gasteiger partial charge in [0.25, 0.3) is 0 Å². The highest BCUT2D eigenvalue weighted by Gasteiger charge is 2.20. The van der Waals surface area contributed by atoms with Crippen molar-refractivity contribution in [3.63, 3.8) is 0 Å². The number of ether oxygens (including phenoxy) is 1. The normalized spacial score (nSPS) is 13.8. The summed E-state index contributed by atoms with van der Waals surface area (Å²) in [5.41, 5.74) is 8.04. The van der Waals surface area contributed by atoms with Gasteiger partial charge in [-0.3, -0.25) is 0 Å². The number of nitrogens with two attached hydrogens (primary N) is 1. The van der Waals surface area contributed by atoms with Gasteiger partial charge < -0.3 is 10.5 Å². The maximum atomic E-state index is 12.9. The lowest BCUT2D eigenvalue weighted by Gasteiger charge is -2.25. The number of halogens is 1. The minimum atomic E-state index is -0.465. The highest BCUT2D eigenvalue weighted by molar-refractivity contribution is 5.28. The lowest BCUT2D eigenvalue weighted by Crippen LogP contribution is -2.33. The first-order chi connectivity index (χ1) is 9.51.